The molecule has 1 atom stereocenters. The highest BCUT2D eigenvalue weighted by Crippen LogP contribution is 2.60. The summed E-state index contributed by atoms with van der Waals surface area (Å²) in [5.41, 5.74) is 0.0342. The van der Waals surface area contributed by atoms with Gasteiger partial charge in [-0.05, 0) is 75.3 Å². The van der Waals surface area contributed by atoms with Gasteiger partial charge in [-0.3, -0.25) is 14.4 Å². The predicted molar refractivity (Wildman–Crippen MR) is 107 cm³/mol. The van der Waals surface area contributed by atoms with Crippen molar-refractivity contribution in [3.63, 3.8) is 0 Å². The van der Waals surface area contributed by atoms with Crippen LogP contribution in [0.15, 0.2) is 18.3 Å². The Hall–Kier alpha value is -2.15. The molecular formula is C21H26ClN3O4. The van der Waals surface area contributed by atoms with Crippen molar-refractivity contribution in [1.29, 1.82) is 0 Å². The van der Waals surface area contributed by atoms with Gasteiger partial charge in [-0.2, -0.15) is 0 Å². The SMILES string of the molecule is CC(OC(=O)CNC(=O)C12CC3CC(CC(C3)C1)C2)C(=O)Nc1cccnc1Cl. The van der Waals surface area contributed by atoms with E-state index < -0.39 is 18.0 Å². The number of halogens is 1. The second-order valence-electron chi connectivity index (χ2n) is 8.84. The van der Waals surface area contributed by atoms with Crippen LogP contribution in [-0.4, -0.2) is 35.4 Å². The molecule has 7 nitrogen and oxygen atoms in total. The van der Waals surface area contributed by atoms with Gasteiger partial charge in [-0.25, -0.2) is 4.98 Å². The lowest BCUT2D eigenvalue weighted by Crippen LogP contribution is -2.54. The zero-order chi connectivity index (χ0) is 20.6. The molecule has 5 rings (SSSR count). The first-order valence-corrected chi connectivity index (χ1v) is 10.6. The first-order valence-electron chi connectivity index (χ1n) is 10.2. The number of aromatic nitrogens is 1. The molecule has 4 aliphatic carbocycles. The number of esters is 1. The normalized spacial score (nSPS) is 30.5. The van der Waals surface area contributed by atoms with Crippen molar-refractivity contribution in [2.45, 2.75) is 51.6 Å². The average Bonchev–Trinajstić information content (AvgIpc) is 2.66. The van der Waals surface area contributed by atoms with Crippen molar-refractivity contribution < 1.29 is 19.1 Å². The van der Waals surface area contributed by atoms with E-state index in [0.29, 0.717) is 23.4 Å². The number of carbonyl (C=O) groups excluding carboxylic acids is 3. The number of amides is 2. The molecule has 1 aromatic rings. The van der Waals surface area contributed by atoms with E-state index in [1.807, 2.05) is 0 Å². The van der Waals surface area contributed by atoms with Crippen LogP contribution in [0.1, 0.15) is 45.4 Å². The van der Waals surface area contributed by atoms with Gasteiger partial charge in [-0.1, -0.05) is 11.6 Å². The molecule has 4 saturated carbocycles. The number of carbonyl (C=O) groups is 3. The van der Waals surface area contributed by atoms with Crippen LogP contribution >= 0.6 is 11.6 Å². The van der Waals surface area contributed by atoms with Gasteiger partial charge in [0.25, 0.3) is 5.91 Å². The first kappa shape index (κ1) is 20.1. The Morgan fingerprint density at radius 2 is 1.83 bits per heavy atom. The molecule has 1 aromatic heterocycles. The minimum Gasteiger partial charge on any atom is -0.451 e. The van der Waals surface area contributed by atoms with Gasteiger partial charge in [0.1, 0.15) is 6.54 Å². The largest absolute Gasteiger partial charge is 0.451 e. The highest BCUT2D eigenvalue weighted by Gasteiger charge is 2.54. The summed E-state index contributed by atoms with van der Waals surface area (Å²) in [4.78, 5) is 41.1. The van der Waals surface area contributed by atoms with E-state index >= 15 is 0 Å². The fraction of sp³-hybridized carbons (Fsp3) is 0.619. The zero-order valence-electron chi connectivity index (χ0n) is 16.4. The monoisotopic (exact) mass is 419 g/mol. The lowest BCUT2D eigenvalue weighted by atomic mass is 9.49. The molecule has 4 aliphatic rings. The highest BCUT2D eigenvalue weighted by molar-refractivity contribution is 6.32. The maximum atomic E-state index is 12.9. The molecule has 2 N–H and O–H groups in total. The van der Waals surface area contributed by atoms with E-state index in [1.165, 1.54) is 32.4 Å². The molecule has 0 saturated heterocycles. The first-order chi connectivity index (χ1) is 13.8. The Labute approximate surface area is 174 Å². The Balaban J connectivity index is 1.26. The van der Waals surface area contributed by atoms with Crippen LogP contribution in [0.2, 0.25) is 5.15 Å². The number of nitrogens with zero attached hydrogens (tertiary/aromatic N) is 1. The number of rotatable bonds is 6. The summed E-state index contributed by atoms with van der Waals surface area (Å²) in [5, 5.41) is 5.49. The van der Waals surface area contributed by atoms with Crippen molar-refractivity contribution in [3.8, 4) is 0 Å². The van der Waals surface area contributed by atoms with Gasteiger partial charge in [0.2, 0.25) is 5.91 Å². The summed E-state index contributed by atoms with van der Waals surface area (Å²) >= 11 is 5.91. The minimum atomic E-state index is -1.02. The zero-order valence-corrected chi connectivity index (χ0v) is 17.2. The van der Waals surface area contributed by atoms with E-state index in [1.54, 1.807) is 12.1 Å². The lowest BCUT2D eigenvalue weighted by Gasteiger charge is -2.55. The Morgan fingerprint density at radius 1 is 1.21 bits per heavy atom. The summed E-state index contributed by atoms with van der Waals surface area (Å²) in [6, 6.07) is 3.24. The van der Waals surface area contributed by atoms with E-state index in [0.717, 1.165) is 19.3 Å². The molecule has 156 valence electrons. The number of anilines is 1. The van der Waals surface area contributed by atoms with Crippen LogP contribution in [0, 0.1) is 23.2 Å². The van der Waals surface area contributed by atoms with E-state index in [4.69, 9.17) is 16.3 Å². The molecule has 0 radical (unpaired) electrons. The van der Waals surface area contributed by atoms with Crippen molar-refractivity contribution in [2.75, 3.05) is 11.9 Å². The average molecular weight is 420 g/mol. The fourth-order valence-electron chi connectivity index (χ4n) is 5.73. The van der Waals surface area contributed by atoms with Gasteiger partial charge in [0.15, 0.2) is 11.3 Å². The lowest BCUT2D eigenvalue weighted by molar-refractivity contribution is -0.155. The Morgan fingerprint density at radius 3 is 2.41 bits per heavy atom. The number of nitrogens with one attached hydrogen (secondary N) is 2. The van der Waals surface area contributed by atoms with Crippen LogP contribution in [0.3, 0.4) is 0 Å². The second-order valence-corrected chi connectivity index (χ2v) is 9.20. The third-order valence-corrected chi connectivity index (χ3v) is 6.91. The number of ether oxygens (including phenoxy) is 1. The van der Waals surface area contributed by atoms with Crippen LogP contribution in [-0.2, 0) is 19.1 Å². The molecular weight excluding hydrogens is 394 g/mol. The molecule has 1 unspecified atom stereocenters. The van der Waals surface area contributed by atoms with Crippen LogP contribution in [0.25, 0.3) is 0 Å². The van der Waals surface area contributed by atoms with Crippen molar-refractivity contribution in [2.24, 2.45) is 23.2 Å². The quantitative estimate of drug-likeness (QED) is 0.545. The van der Waals surface area contributed by atoms with Crippen molar-refractivity contribution in [1.82, 2.24) is 10.3 Å². The molecule has 1 heterocycles. The Kier molecular flexibility index (Phi) is 5.51. The molecule has 8 heteroatoms. The van der Waals surface area contributed by atoms with Crippen LogP contribution in [0.5, 0.6) is 0 Å². The second kappa shape index (κ2) is 7.94. The Bertz CT molecular complexity index is 793. The van der Waals surface area contributed by atoms with Gasteiger partial charge in [-0.15, -0.1) is 0 Å². The maximum absolute atomic E-state index is 12.9. The number of hydrogen-bond donors (Lipinski definition) is 2. The molecule has 2 amide bonds. The van der Waals surface area contributed by atoms with Crippen molar-refractivity contribution >= 4 is 35.1 Å². The molecule has 29 heavy (non-hydrogen) atoms. The maximum Gasteiger partial charge on any atom is 0.326 e. The summed E-state index contributed by atoms with van der Waals surface area (Å²) in [6.45, 7) is 1.24. The fourth-order valence-corrected chi connectivity index (χ4v) is 5.90. The van der Waals surface area contributed by atoms with Crippen LogP contribution < -0.4 is 10.6 Å². The minimum absolute atomic E-state index is 0.0344. The summed E-state index contributed by atoms with van der Waals surface area (Å²) in [5.74, 6) is 0.780. The van der Waals surface area contributed by atoms with Crippen LogP contribution in [0.4, 0.5) is 5.69 Å². The molecule has 4 bridgehead atoms. The van der Waals surface area contributed by atoms with E-state index in [9.17, 15) is 14.4 Å². The van der Waals surface area contributed by atoms with E-state index in [-0.39, 0.29) is 23.0 Å². The van der Waals surface area contributed by atoms with Gasteiger partial charge in [0, 0.05) is 11.6 Å². The van der Waals surface area contributed by atoms with Gasteiger partial charge < -0.3 is 15.4 Å². The number of hydrogen-bond acceptors (Lipinski definition) is 5. The third kappa shape index (κ3) is 4.25. The van der Waals surface area contributed by atoms with E-state index in [2.05, 4.69) is 15.6 Å². The molecule has 4 fully saturated rings. The van der Waals surface area contributed by atoms with Crippen molar-refractivity contribution in [3.05, 3.63) is 23.5 Å². The highest BCUT2D eigenvalue weighted by atomic mass is 35.5. The summed E-state index contributed by atoms with van der Waals surface area (Å²) in [6.07, 6.45) is 7.05. The molecule has 0 aliphatic heterocycles. The standard InChI is InChI=1S/C21H26ClN3O4/c1-12(19(27)25-16-3-2-4-23-18(16)22)29-17(26)11-24-20(28)21-8-13-5-14(9-21)7-15(6-13)10-21/h2-4,12-15H,5-11H2,1H3,(H,24,28)(H,25,27). The summed E-state index contributed by atoms with van der Waals surface area (Å²) < 4.78 is 5.16. The van der Waals surface area contributed by atoms with Gasteiger partial charge >= 0.3 is 5.97 Å². The molecule has 0 spiro atoms. The smallest absolute Gasteiger partial charge is 0.326 e. The predicted octanol–water partition coefficient (Wildman–Crippen LogP) is 2.94. The number of pyridine rings is 1. The topological polar surface area (TPSA) is 97.4 Å². The molecule has 0 aromatic carbocycles. The van der Waals surface area contributed by atoms with Gasteiger partial charge in [0.05, 0.1) is 5.69 Å². The summed E-state index contributed by atoms with van der Waals surface area (Å²) in [7, 11) is 0. The third-order valence-electron chi connectivity index (χ3n) is 6.61.